The summed E-state index contributed by atoms with van der Waals surface area (Å²) in [5, 5.41) is 13.3. The molecule has 0 bridgehead atoms. The van der Waals surface area contributed by atoms with Crippen LogP contribution in [0.2, 0.25) is 0 Å². The topological polar surface area (TPSA) is 77.8 Å². The smallest absolute Gasteiger partial charge is 0.258 e. The van der Waals surface area contributed by atoms with E-state index in [1.54, 1.807) is 6.20 Å². The van der Waals surface area contributed by atoms with Gasteiger partial charge in [0.15, 0.2) is 0 Å². The van der Waals surface area contributed by atoms with Gasteiger partial charge in [-0.3, -0.25) is 0 Å². The molecule has 0 fully saturated rings. The summed E-state index contributed by atoms with van der Waals surface area (Å²) < 4.78 is 11.3. The largest absolute Gasteiger partial charge is 0.416 e. The lowest BCUT2D eigenvalue weighted by Gasteiger charge is -1.99. The molecule has 6 heteroatoms. The van der Waals surface area contributed by atoms with Gasteiger partial charge in [-0.15, -0.1) is 10.2 Å². The maximum absolute atomic E-state index is 5.89. The van der Waals surface area contributed by atoms with Crippen molar-refractivity contribution in [3.05, 3.63) is 72.4 Å². The maximum Gasteiger partial charge on any atom is 0.258 e. The van der Waals surface area contributed by atoms with Crippen molar-refractivity contribution in [2.24, 2.45) is 0 Å². The Morgan fingerprint density at radius 3 is 2.44 bits per heavy atom. The Bertz CT molecular complexity index is 1240. The van der Waals surface area contributed by atoms with Crippen LogP contribution in [0.25, 0.3) is 45.3 Å². The van der Waals surface area contributed by atoms with Crippen LogP contribution in [0.4, 0.5) is 0 Å². The third-order valence-electron chi connectivity index (χ3n) is 4.42. The fraction of sp³-hybridized carbons (Fsp3) is 0.0476. The molecule has 130 valence electrons. The van der Waals surface area contributed by atoms with Gasteiger partial charge in [-0.1, -0.05) is 53.7 Å². The van der Waals surface area contributed by atoms with E-state index < -0.39 is 0 Å². The molecule has 3 heterocycles. The van der Waals surface area contributed by atoms with Crippen LogP contribution < -0.4 is 0 Å². The highest BCUT2D eigenvalue weighted by molar-refractivity contribution is 5.91. The van der Waals surface area contributed by atoms with Crippen LogP contribution in [0, 0.1) is 6.92 Å². The first-order valence-corrected chi connectivity index (χ1v) is 8.50. The molecule has 0 aliphatic rings. The molecule has 0 unspecified atom stereocenters. The lowest BCUT2D eigenvalue weighted by atomic mass is 10.1. The lowest BCUT2D eigenvalue weighted by Crippen LogP contribution is -1.82. The molecule has 0 aliphatic heterocycles. The molecule has 0 radical (unpaired) electrons. The van der Waals surface area contributed by atoms with Crippen molar-refractivity contribution in [3.63, 3.8) is 0 Å². The average Bonchev–Trinajstić information content (AvgIpc) is 3.36. The molecule has 0 N–H and O–H groups in total. The second-order valence-corrected chi connectivity index (χ2v) is 6.20. The first kappa shape index (κ1) is 15.5. The zero-order chi connectivity index (χ0) is 18.2. The van der Waals surface area contributed by atoms with E-state index in [2.05, 4.69) is 20.3 Å². The van der Waals surface area contributed by atoms with E-state index in [1.807, 2.05) is 67.6 Å². The minimum absolute atomic E-state index is 0.405. The van der Waals surface area contributed by atoms with Crippen LogP contribution in [-0.2, 0) is 0 Å². The molecule has 5 rings (SSSR count). The van der Waals surface area contributed by atoms with Crippen molar-refractivity contribution in [1.29, 1.82) is 0 Å². The van der Waals surface area contributed by atoms with Crippen molar-refractivity contribution < 1.29 is 8.94 Å². The third-order valence-corrected chi connectivity index (χ3v) is 4.42. The first-order chi connectivity index (χ1) is 13.3. The highest BCUT2D eigenvalue weighted by atomic mass is 16.5. The number of aromatic nitrogens is 4. The van der Waals surface area contributed by atoms with E-state index >= 15 is 0 Å². The standard InChI is InChI=1S/C21H14N4O2/c1-13-7-5-6-10-16(13)21-24-23-19(26-21)15-11-17-18(14-8-3-2-4-9-14)25-27-20(17)22-12-15/h2-12H,1H3. The van der Waals surface area contributed by atoms with E-state index in [0.29, 0.717) is 17.5 Å². The second-order valence-electron chi connectivity index (χ2n) is 6.20. The number of pyridine rings is 1. The number of nitrogens with zero attached hydrogens (tertiary/aromatic N) is 4. The van der Waals surface area contributed by atoms with Crippen molar-refractivity contribution >= 4 is 11.1 Å². The van der Waals surface area contributed by atoms with Gasteiger partial charge in [0.1, 0.15) is 5.69 Å². The quantitative estimate of drug-likeness (QED) is 0.458. The van der Waals surface area contributed by atoms with E-state index in [-0.39, 0.29) is 0 Å². The summed E-state index contributed by atoms with van der Waals surface area (Å²) in [5.41, 5.74) is 4.87. The normalized spacial score (nSPS) is 11.1. The average molecular weight is 354 g/mol. The van der Waals surface area contributed by atoms with Gasteiger partial charge >= 0.3 is 0 Å². The van der Waals surface area contributed by atoms with Crippen LogP contribution in [-0.4, -0.2) is 20.3 Å². The number of fused-ring (bicyclic) bond motifs is 1. The number of benzene rings is 2. The van der Waals surface area contributed by atoms with Crippen LogP contribution in [0.5, 0.6) is 0 Å². The number of aryl methyl sites for hydroxylation is 1. The molecule has 0 saturated carbocycles. The van der Waals surface area contributed by atoms with Crippen molar-refractivity contribution in [3.8, 4) is 34.2 Å². The summed E-state index contributed by atoms with van der Waals surface area (Å²) in [6, 6.07) is 19.6. The van der Waals surface area contributed by atoms with Crippen LogP contribution in [0.1, 0.15) is 5.56 Å². The number of hydrogen-bond acceptors (Lipinski definition) is 6. The summed E-state index contributed by atoms with van der Waals surface area (Å²) in [6.07, 6.45) is 1.65. The molecule has 0 saturated heterocycles. The molecule has 0 spiro atoms. The van der Waals surface area contributed by atoms with Gasteiger partial charge in [-0.2, -0.15) is 0 Å². The summed E-state index contributed by atoms with van der Waals surface area (Å²) in [6.45, 7) is 2.01. The molecule has 6 nitrogen and oxygen atoms in total. The Hall–Kier alpha value is -3.80. The summed E-state index contributed by atoms with van der Waals surface area (Å²) in [7, 11) is 0. The van der Waals surface area contributed by atoms with E-state index in [9.17, 15) is 0 Å². The van der Waals surface area contributed by atoms with Crippen LogP contribution >= 0.6 is 0 Å². The second kappa shape index (κ2) is 6.17. The van der Waals surface area contributed by atoms with E-state index in [1.165, 1.54) is 0 Å². The van der Waals surface area contributed by atoms with E-state index in [4.69, 9.17) is 8.94 Å². The van der Waals surface area contributed by atoms with Crippen molar-refractivity contribution in [2.45, 2.75) is 6.92 Å². The lowest BCUT2D eigenvalue weighted by molar-refractivity contribution is 0.451. The molecule has 5 aromatic rings. The Kier molecular flexibility index (Phi) is 3.53. The van der Waals surface area contributed by atoms with Crippen molar-refractivity contribution in [1.82, 2.24) is 20.3 Å². The van der Waals surface area contributed by atoms with Gasteiger partial charge in [0.25, 0.3) is 5.71 Å². The molecular formula is C21H14N4O2. The highest BCUT2D eigenvalue weighted by Gasteiger charge is 2.16. The predicted molar refractivity (Wildman–Crippen MR) is 101 cm³/mol. The summed E-state index contributed by atoms with van der Waals surface area (Å²) in [5.74, 6) is 0.889. The third kappa shape index (κ3) is 2.67. The van der Waals surface area contributed by atoms with Gasteiger partial charge in [-0.05, 0) is 24.6 Å². The highest BCUT2D eigenvalue weighted by Crippen LogP contribution is 2.31. The summed E-state index contributed by atoms with van der Waals surface area (Å²) in [4.78, 5) is 4.35. The first-order valence-electron chi connectivity index (χ1n) is 8.50. The number of hydrogen-bond donors (Lipinski definition) is 0. The van der Waals surface area contributed by atoms with Crippen LogP contribution in [0.15, 0.2) is 75.8 Å². The molecule has 27 heavy (non-hydrogen) atoms. The Morgan fingerprint density at radius 2 is 1.59 bits per heavy atom. The van der Waals surface area contributed by atoms with Gasteiger partial charge in [0.2, 0.25) is 11.8 Å². The fourth-order valence-corrected chi connectivity index (χ4v) is 3.02. The monoisotopic (exact) mass is 354 g/mol. The minimum Gasteiger partial charge on any atom is -0.416 e. The van der Waals surface area contributed by atoms with Gasteiger partial charge in [0.05, 0.1) is 10.9 Å². The molecule has 3 aromatic heterocycles. The zero-order valence-electron chi connectivity index (χ0n) is 14.5. The fourth-order valence-electron chi connectivity index (χ4n) is 3.02. The molecule has 0 aliphatic carbocycles. The van der Waals surface area contributed by atoms with Crippen molar-refractivity contribution in [2.75, 3.05) is 0 Å². The summed E-state index contributed by atoms with van der Waals surface area (Å²) >= 11 is 0. The molecule has 2 aromatic carbocycles. The Balaban J connectivity index is 1.59. The predicted octanol–water partition coefficient (Wildman–Crippen LogP) is 4.92. The Morgan fingerprint density at radius 1 is 0.815 bits per heavy atom. The maximum atomic E-state index is 5.89. The van der Waals surface area contributed by atoms with E-state index in [0.717, 1.165) is 33.3 Å². The zero-order valence-corrected chi connectivity index (χ0v) is 14.5. The van der Waals surface area contributed by atoms with Crippen LogP contribution in [0.3, 0.4) is 0 Å². The molecular weight excluding hydrogens is 340 g/mol. The van der Waals surface area contributed by atoms with Gasteiger partial charge in [-0.25, -0.2) is 4.98 Å². The Labute approximate surface area is 154 Å². The SMILES string of the molecule is Cc1ccccc1-c1nnc(-c2cnc3onc(-c4ccccc4)c3c2)o1. The minimum atomic E-state index is 0.405. The molecule has 0 atom stereocenters. The number of rotatable bonds is 3. The van der Waals surface area contributed by atoms with Gasteiger partial charge in [0, 0.05) is 17.3 Å². The molecule has 0 amide bonds. The van der Waals surface area contributed by atoms with Gasteiger partial charge < -0.3 is 8.94 Å².